The summed E-state index contributed by atoms with van der Waals surface area (Å²) in [5, 5.41) is 3.79. The van der Waals surface area contributed by atoms with Gasteiger partial charge in [0, 0.05) is 57.9 Å². The lowest BCUT2D eigenvalue weighted by atomic mass is 10.1. The average Bonchev–Trinajstić information content (AvgIpc) is 3.48. The van der Waals surface area contributed by atoms with Crippen LogP contribution in [0.4, 0.5) is 19.0 Å². The second-order valence-corrected chi connectivity index (χ2v) is 11.8. The summed E-state index contributed by atoms with van der Waals surface area (Å²) >= 11 is 0.845. The third-order valence-electron chi connectivity index (χ3n) is 7.19. The van der Waals surface area contributed by atoms with Crippen LogP contribution in [0.25, 0.3) is 0 Å². The fourth-order valence-electron chi connectivity index (χ4n) is 4.87. The number of carbonyl (C=O) groups excluding carboxylic acids is 3. The summed E-state index contributed by atoms with van der Waals surface area (Å²) in [6.45, 7) is 10.4. The Morgan fingerprint density at radius 1 is 1.18 bits per heavy atom. The SMILES string of the molecule is C=CC(=O)N1CCN(C[C@H](Oc2cnc(C(=O)Nc3ncc(C(=O)N(C)C)cc3C)c(C)c2)c2nc(C(F)(F)F)cs2)C[C@H]1C. The number of hydrogen-bond donors (Lipinski definition) is 1. The molecule has 0 aliphatic carbocycles. The molecule has 1 aliphatic heterocycles. The topological polar surface area (TPSA) is 121 Å². The maximum absolute atomic E-state index is 13.4. The highest BCUT2D eigenvalue weighted by molar-refractivity contribution is 7.09. The zero-order chi connectivity index (χ0) is 33.1. The molecule has 3 amide bonds. The van der Waals surface area contributed by atoms with Crippen LogP contribution in [0.2, 0.25) is 0 Å². The van der Waals surface area contributed by atoms with Crippen LogP contribution in [0.3, 0.4) is 0 Å². The third-order valence-corrected chi connectivity index (χ3v) is 8.13. The molecule has 0 bridgehead atoms. The number of pyridine rings is 2. The highest BCUT2D eigenvalue weighted by atomic mass is 32.1. The van der Waals surface area contributed by atoms with Crippen LogP contribution in [-0.2, 0) is 11.0 Å². The molecule has 2 atom stereocenters. The van der Waals surface area contributed by atoms with Gasteiger partial charge in [-0.25, -0.2) is 15.0 Å². The molecule has 1 saturated heterocycles. The minimum Gasteiger partial charge on any atom is -0.480 e. The van der Waals surface area contributed by atoms with Crippen molar-refractivity contribution in [2.75, 3.05) is 45.6 Å². The van der Waals surface area contributed by atoms with E-state index in [1.165, 1.54) is 23.4 Å². The summed E-state index contributed by atoms with van der Waals surface area (Å²) in [6, 6.07) is 3.06. The van der Waals surface area contributed by atoms with Crippen LogP contribution in [0.15, 0.2) is 42.6 Å². The summed E-state index contributed by atoms with van der Waals surface area (Å²) in [7, 11) is 3.26. The third kappa shape index (κ3) is 8.02. The molecule has 3 aromatic rings. The number of ether oxygens (including phenoxy) is 1. The van der Waals surface area contributed by atoms with E-state index < -0.39 is 23.9 Å². The van der Waals surface area contributed by atoms with Crippen molar-refractivity contribution in [3.8, 4) is 5.75 Å². The van der Waals surface area contributed by atoms with E-state index in [-0.39, 0.29) is 46.7 Å². The molecule has 0 radical (unpaired) electrons. The van der Waals surface area contributed by atoms with E-state index in [9.17, 15) is 27.6 Å². The molecule has 0 unspecified atom stereocenters. The van der Waals surface area contributed by atoms with Gasteiger partial charge in [0.1, 0.15) is 22.3 Å². The van der Waals surface area contributed by atoms with Gasteiger partial charge in [-0.05, 0) is 50.1 Å². The molecule has 1 aliphatic rings. The first-order chi connectivity index (χ1) is 21.2. The Bertz CT molecular complexity index is 1590. The molecule has 1 fully saturated rings. The van der Waals surface area contributed by atoms with Crippen LogP contribution in [0, 0.1) is 13.8 Å². The van der Waals surface area contributed by atoms with Crippen LogP contribution in [0.5, 0.6) is 5.75 Å². The van der Waals surface area contributed by atoms with Crippen molar-refractivity contribution in [3.63, 3.8) is 0 Å². The van der Waals surface area contributed by atoms with E-state index in [1.54, 1.807) is 45.0 Å². The molecule has 240 valence electrons. The number of aryl methyl sites for hydroxylation is 2. The number of anilines is 1. The number of hydrogen-bond acceptors (Lipinski definition) is 9. The van der Waals surface area contributed by atoms with Crippen LogP contribution < -0.4 is 10.1 Å². The number of thiazole rings is 1. The normalized spacial score (nSPS) is 16.2. The zero-order valence-electron chi connectivity index (χ0n) is 25.5. The van der Waals surface area contributed by atoms with Crippen molar-refractivity contribution in [3.05, 3.63) is 75.6 Å². The Labute approximate surface area is 262 Å². The van der Waals surface area contributed by atoms with Gasteiger partial charge in [-0.3, -0.25) is 19.3 Å². The lowest BCUT2D eigenvalue weighted by Crippen LogP contribution is -2.54. The Kier molecular flexibility index (Phi) is 10.2. The van der Waals surface area contributed by atoms with Gasteiger partial charge in [-0.1, -0.05) is 6.58 Å². The minimum absolute atomic E-state index is 0.0963. The molecular weight excluding hydrogens is 611 g/mol. The largest absolute Gasteiger partial charge is 0.480 e. The molecule has 15 heteroatoms. The number of piperazine rings is 1. The number of rotatable bonds is 9. The maximum atomic E-state index is 13.4. The summed E-state index contributed by atoms with van der Waals surface area (Å²) in [5.74, 6) is -0.425. The number of carbonyl (C=O) groups is 3. The number of amides is 3. The number of nitrogens with one attached hydrogen (secondary N) is 1. The first kappa shape index (κ1) is 33.5. The van der Waals surface area contributed by atoms with Crippen molar-refractivity contribution in [1.82, 2.24) is 29.7 Å². The van der Waals surface area contributed by atoms with Gasteiger partial charge in [-0.15, -0.1) is 11.3 Å². The Morgan fingerprint density at radius 2 is 1.91 bits per heavy atom. The molecule has 0 aromatic carbocycles. The molecule has 3 aromatic heterocycles. The van der Waals surface area contributed by atoms with Gasteiger partial charge < -0.3 is 19.9 Å². The number of aromatic nitrogens is 3. The smallest absolute Gasteiger partial charge is 0.434 e. The molecule has 0 saturated carbocycles. The monoisotopic (exact) mass is 645 g/mol. The number of alkyl halides is 3. The van der Waals surface area contributed by atoms with E-state index >= 15 is 0 Å². The molecule has 0 spiro atoms. The molecule has 4 heterocycles. The van der Waals surface area contributed by atoms with Crippen molar-refractivity contribution in [2.24, 2.45) is 0 Å². The molecule has 45 heavy (non-hydrogen) atoms. The van der Waals surface area contributed by atoms with Gasteiger partial charge in [0.05, 0.1) is 11.8 Å². The van der Waals surface area contributed by atoms with Gasteiger partial charge in [0.15, 0.2) is 11.8 Å². The summed E-state index contributed by atoms with van der Waals surface area (Å²) in [4.78, 5) is 54.9. The summed E-state index contributed by atoms with van der Waals surface area (Å²) in [5.41, 5.74) is 0.516. The first-order valence-electron chi connectivity index (χ1n) is 14.0. The minimum atomic E-state index is -4.60. The standard InChI is InChI=1S/C30H34F3N7O4S/c1-7-24(41)40-9-8-39(14-19(40)4)15-22(28-36-23(16-45-28)30(31,32)33)44-21-11-17(2)25(34-13-21)27(42)37-26-18(3)10-20(12-35-26)29(43)38(5)6/h7,10-13,16,19,22H,1,8-9,14-15H2,2-6H3,(H,35,37,42)/t19-,22+/m1/s1. The van der Waals surface area contributed by atoms with E-state index in [4.69, 9.17) is 4.74 Å². The predicted molar refractivity (Wildman–Crippen MR) is 162 cm³/mol. The fourth-order valence-corrected chi connectivity index (χ4v) is 5.72. The van der Waals surface area contributed by atoms with Crippen molar-refractivity contribution >= 4 is 34.9 Å². The van der Waals surface area contributed by atoms with Gasteiger partial charge >= 0.3 is 6.18 Å². The highest BCUT2D eigenvalue weighted by Crippen LogP contribution is 2.34. The number of nitrogens with zero attached hydrogens (tertiary/aromatic N) is 6. The average molecular weight is 646 g/mol. The highest BCUT2D eigenvalue weighted by Gasteiger charge is 2.36. The maximum Gasteiger partial charge on any atom is 0.434 e. The Morgan fingerprint density at radius 3 is 2.49 bits per heavy atom. The quantitative estimate of drug-likeness (QED) is 0.341. The Balaban J connectivity index is 1.52. The van der Waals surface area contributed by atoms with E-state index in [0.29, 0.717) is 36.3 Å². The second kappa shape index (κ2) is 13.7. The van der Waals surface area contributed by atoms with Gasteiger partial charge in [0.2, 0.25) is 5.91 Å². The Hall–Kier alpha value is -4.37. The van der Waals surface area contributed by atoms with Gasteiger partial charge in [-0.2, -0.15) is 13.2 Å². The van der Waals surface area contributed by atoms with Crippen molar-refractivity contribution in [2.45, 2.75) is 39.1 Å². The molecule has 11 nitrogen and oxygen atoms in total. The lowest BCUT2D eigenvalue weighted by Gasteiger charge is -2.40. The molecule has 4 rings (SSSR count). The summed E-state index contributed by atoms with van der Waals surface area (Å²) < 4.78 is 46.3. The van der Waals surface area contributed by atoms with Gasteiger partial charge in [0.25, 0.3) is 11.8 Å². The zero-order valence-corrected chi connectivity index (χ0v) is 26.3. The second-order valence-electron chi connectivity index (χ2n) is 10.9. The molecular formula is C30H34F3N7O4S. The molecule has 1 N–H and O–H groups in total. The number of halogens is 3. The van der Waals surface area contributed by atoms with E-state index in [0.717, 1.165) is 16.7 Å². The van der Waals surface area contributed by atoms with Crippen molar-refractivity contribution in [1.29, 1.82) is 0 Å². The summed E-state index contributed by atoms with van der Waals surface area (Å²) in [6.07, 6.45) is -1.52. The van der Waals surface area contributed by atoms with Crippen LogP contribution in [0.1, 0.15) is 55.7 Å². The van der Waals surface area contributed by atoms with Crippen LogP contribution >= 0.6 is 11.3 Å². The predicted octanol–water partition coefficient (Wildman–Crippen LogP) is 4.36. The van der Waals surface area contributed by atoms with Crippen LogP contribution in [-0.4, -0.2) is 93.7 Å². The van der Waals surface area contributed by atoms with Crippen molar-refractivity contribution < 1.29 is 32.3 Å². The van der Waals surface area contributed by atoms with E-state index in [1.807, 2.05) is 11.8 Å². The lowest BCUT2D eigenvalue weighted by molar-refractivity contribution is -0.140. The fraction of sp³-hybridized carbons (Fsp3) is 0.400. The van der Waals surface area contributed by atoms with E-state index in [2.05, 4.69) is 26.8 Å². The first-order valence-corrected chi connectivity index (χ1v) is 14.9.